The second-order valence-corrected chi connectivity index (χ2v) is 6.17. The average Bonchev–Trinajstić information content (AvgIpc) is 2.61. The van der Waals surface area contributed by atoms with Gasteiger partial charge in [0.1, 0.15) is 12.4 Å². The van der Waals surface area contributed by atoms with Gasteiger partial charge in [0.2, 0.25) is 0 Å². The Morgan fingerprint density at radius 2 is 2.00 bits per heavy atom. The smallest absolute Gasteiger partial charge is 0.121 e. The molecule has 1 heterocycles. The first-order valence-corrected chi connectivity index (χ1v) is 8.37. The zero-order chi connectivity index (χ0) is 16.1. The van der Waals surface area contributed by atoms with Crippen LogP contribution in [0.3, 0.4) is 0 Å². The Hall–Kier alpha value is -1.55. The van der Waals surface area contributed by atoms with Crippen LogP contribution < -0.4 is 4.74 Å². The number of benzene rings is 2. The van der Waals surface area contributed by atoms with Crippen LogP contribution in [0.2, 0.25) is 5.02 Å². The molecule has 23 heavy (non-hydrogen) atoms. The molecule has 1 aliphatic rings. The fraction of sp³-hybridized carbons (Fsp3) is 0.368. The lowest BCUT2D eigenvalue weighted by Crippen LogP contribution is -2.14. The van der Waals surface area contributed by atoms with Crippen molar-refractivity contribution < 1.29 is 14.6 Å². The van der Waals surface area contributed by atoms with Crippen LogP contribution >= 0.6 is 11.6 Å². The van der Waals surface area contributed by atoms with Gasteiger partial charge in [-0.25, -0.2) is 0 Å². The molecular weight excluding hydrogens is 312 g/mol. The highest BCUT2D eigenvalue weighted by atomic mass is 35.5. The number of hydrogen-bond acceptors (Lipinski definition) is 3. The molecule has 0 aliphatic carbocycles. The highest BCUT2D eigenvalue weighted by Crippen LogP contribution is 2.37. The molecule has 0 spiro atoms. The van der Waals surface area contributed by atoms with E-state index in [1.54, 1.807) is 0 Å². The van der Waals surface area contributed by atoms with Crippen LogP contribution in [0, 0.1) is 0 Å². The van der Waals surface area contributed by atoms with E-state index < -0.39 is 0 Å². The van der Waals surface area contributed by atoms with Crippen molar-refractivity contribution in [3.05, 3.63) is 64.2 Å². The second-order valence-electron chi connectivity index (χ2n) is 5.77. The van der Waals surface area contributed by atoms with Gasteiger partial charge in [-0.05, 0) is 42.5 Å². The van der Waals surface area contributed by atoms with E-state index >= 15 is 0 Å². The number of rotatable bonds is 5. The maximum absolute atomic E-state index is 9.71. The topological polar surface area (TPSA) is 38.7 Å². The van der Waals surface area contributed by atoms with E-state index in [0.717, 1.165) is 42.6 Å². The molecule has 122 valence electrons. The molecule has 4 heteroatoms. The van der Waals surface area contributed by atoms with E-state index in [2.05, 4.69) is 0 Å². The highest BCUT2D eigenvalue weighted by molar-refractivity contribution is 6.31. The second kappa shape index (κ2) is 7.82. The Labute approximate surface area is 141 Å². The summed E-state index contributed by atoms with van der Waals surface area (Å²) in [7, 11) is 0. The molecule has 0 bridgehead atoms. The number of aliphatic hydroxyl groups is 1. The third-order valence-corrected chi connectivity index (χ3v) is 4.42. The van der Waals surface area contributed by atoms with Gasteiger partial charge in [-0.15, -0.1) is 0 Å². The maximum atomic E-state index is 9.71. The summed E-state index contributed by atoms with van der Waals surface area (Å²) >= 11 is 6.46. The van der Waals surface area contributed by atoms with Crippen molar-refractivity contribution in [2.24, 2.45) is 0 Å². The summed E-state index contributed by atoms with van der Waals surface area (Å²) in [5.41, 5.74) is 2.78. The molecule has 0 saturated carbocycles. The minimum Gasteiger partial charge on any atom is -0.489 e. The molecule has 2 aromatic carbocycles. The van der Waals surface area contributed by atoms with Gasteiger partial charge in [0.15, 0.2) is 0 Å². The van der Waals surface area contributed by atoms with Crippen LogP contribution in [0.4, 0.5) is 0 Å². The van der Waals surface area contributed by atoms with Gasteiger partial charge in [0.25, 0.3) is 0 Å². The minimum atomic E-state index is -0.0720. The van der Waals surface area contributed by atoms with E-state index in [1.165, 1.54) is 0 Å². The first-order chi connectivity index (χ1) is 11.3. The summed E-state index contributed by atoms with van der Waals surface area (Å²) in [5, 5.41) is 10.3. The Balaban J connectivity index is 1.78. The molecular formula is C19H21ClO3. The van der Waals surface area contributed by atoms with Crippen molar-refractivity contribution in [2.75, 3.05) is 6.61 Å². The molecule has 1 aliphatic heterocycles. The summed E-state index contributed by atoms with van der Waals surface area (Å²) in [6.45, 7) is 1.15. The molecule has 3 rings (SSSR count). The van der Waals surface area contributed by atoms with Crippen molar-refractivity contribution in [1.29, 1.82) is 0 Å². The Morgan fingerprint density at radius 3 is 2.70 bits per heavy atom. The third-order valence-electron chi connectivity index (χ3n) is 4.11. The minimum absolute atomic E-state index is 0.0263. The van der Waals surface area contributed by atoms with E-state index in [4.69, 9.17) is 21.1 Å². The fourth-order valence-corrected chi connectivity index (χ4v) is 3.28. The zero-order valence-electron chi connectivity index (χ0n) is 13.0. The van der Waals surface area contributed by atoms with Crippen molar-refractivity contribution in [3.63, 3.8) is 0 Å². The third kappa shape index (κ3) is 4.05. The van der Waals surface area contributed by atoms with Gasteiger partial charge in [-0.2, -0.15) is 0 Å². The lowest BCUT2D eigenvalue weighted by Gasteiger charge is -2.26. The van der Waals surface area contributed by atoms with Crippen molar-refractivity contribution in [1.82, 2.24) is 0 Å². The number of halogens is 1. The molecule has 3 nitrogen and oxygen atoms in total. The van der Waals surface area contributed by atoms with Gasteiger partial charge < -0.3 is 14.6 Å². The van der Waals surface area contributed by atoms with E-state index in [9.17, 15) is 5.11 Å². The molecule has 1 atom stereocenters. The summed E-state index contributed by atoms with van der Waals surface area (Å²) in [4.78, 5) is 0. The predicted molar refractivity (Wildman–Crippen MR) is 90.7 cm³/mol. The van der Waals surface area contributed by atoms with Gasteiger partial charge in [-0.1, -0.05) is 41.9 Å². The Morgan fingerprint density at radius 1 is 1.17 bits per heavy atom. The van der Waals surface area contributed by atoms with Gasteiger partial charge in [0.05, 0.1) is 17.7 Å². The van der Waals surface area contributed by atoms with E-state index in [1.807, 2.05) is 42.5 Å². The van der Waals surface area contributed by atoms with Crippen molar-refractivity contribution in [2.45, 2.75) is 38.6 Å². The predicted octanol–water partition coefficient (Wildman–Crippen LogP) is 4.65. The van der Waals surface area contributed by atoms with Crippen LogP contribution in [-0.4, -0.2) is 11.7 Å². The quantitative estimate of drug-likeness (QED) is 0.866. The Bertz CT molecular complexity index is 637. The molecule has 0 amide bonds. The lowest BCUT2D eigenvalue weighted by atomic mass is 9.96. The maximum Gasteiger partial charge on any atom is 0.121 e. The van der Waals surface area contributed by atoms with Gasteiger partial charge >= 0.3 is 0 Å². The largest absolute Gasteiger partial charge is 0.489 e. The highest BCUT2D eigenvalue weighted by Gasteiger charge is 2.22. The summed E-state index contributed by atoms with van der Waals surface area (Å²) < 4.78 is 11.6. The Kier molecular flexibility index (Phi) is 5.55. The summed E-state index contributed by atoms with van der Waals surface area (Å²) in [6, 6.07) is 13.6. The SMILES string of the molecule is OCc1cc(OCc2ccccc2)cc(Cl)c1C1CCCCO1. The first-order valence-electron chi connectivity index (χ1n) is 7.99. The molecule has 0 radical (unpaired) electrons. The zero-order valence-corrected chi connectivity index (χ0v) is 13.8. The lowest BCUT2D eigenvalue weighted by molar-refractivity contribution is 0.0138. The van der Waals surface area contributed by atoms with E-state index in [-0.39, 0.29) is 12.7 Å². The molecule has 1 unspecified atom stereocenters. The van der Waals surface area contributed by atoms with Crippen LogP contribution in [0.1, 0.15) is 42.1 Å². The average molecular weight is 333 g/mol. The van der Waals surface area contributed by atoms with Crippen LogP contribution in [-0.2, 0) is 18.0 Å². The van der Waals surface area contributed by atoms with Crippen LogP contribution in [0.15, 0.2) is 42.5 Å². The summed E-state index contributed by atoms with van der Waals surface area (Å²) in [5.74, 6) is 0.669. The monoisotopic (exact) mass is 332 g/mol. The molecule has 1 fully saturated rings. The first kappa shape index (κ1) is 16.3. The van der Waals surface area contributed by atoms with Gasteiger partial charge in [-0.3, -0.25) is 0 Å². The molecule has 1 saturated heterocycles. The van der Waals surface area contributed by atoms with Crippen molar-refractivity contribution in [3.8, 4) is 5.75 Å². The number of hydrogen-bond donors (Lipinski definition) is 1. The van der Waals surface area contributed by atoms with Crippen LogP contribution in [0.25, 0.3) is 0 Å². The molecule has 1 N–H and O–H groups in total. The summed E-state index contributed by atoms with van der Waals surface area (Å²) in [6.07, 6.45) is 3.12. The number of aliphatic hydroxyl groups excluding tert-OH is 1. The molecule has 0 aromatic heterocycles. The fourth-order valence-electron chi connectivity index (χ4n) is 2.93. The standard InChI is InChI=1S/C19H21ClO3/c20-17-11-16(23-13-14-6-2-1-3-7-14)10-15(12-21)19(17)18-8-4-5-9-22-18/h1-3,6-7,10-11,18,21H,4-5,8-9,12-13H2. The van der Waals surface area contributed by atoms with E-state index in [0.29, 0.717) is 17.4 Å². The van der Waals surface area contributed by atoms with Crippen LogP contribution in [0.5, 0.6) is 5.75 Å². The molecule has 2 aromatic rings. The normalized spacial score (nSPS) is 17.9. The van der Waals surface area contributed by atoms with Crippen molar-refractivity contribution >= 4 is 11.6 Å². The number of ether oxygens (including phenoxy) is 2. The van der Waals surface area contributed by atoms with Gasteiger partial charge in [0, 0.05) is 12.2 Å².